The molecule has 1 fully saturated rings. The third-order valence-corrected chi connectivity index (χ3v) is 7.34. The summed E-state index contributed by atoms with van der Waals surface area (Å²) in [5.74, 6) is 1.08. The number of nitrogens with zero attached hydrogens (tertiary/aromatic N) is 6. The Bertz CT molecular complexity index is 1790. The van der Waals surface area contributed by atoms with Crippen LogP contribution in [0.1, 0.15) is 40.6 Å². The summed E-state index contributed by atoms with van der Waals surface area (Å²) in [6.45, 7) is 0.737. The molecule has 44 heavy (non-hydrogen) atoms. The van der Waals surface area contributed by atoms with E-state index in [1.807, 2.05) is 34.7 Å². The Hall–Kier alpha value is -5.72. The van der Waals surface area contributed by atoms with E-state index < -0.39 is 12.0 Å². The Morgan fingerprint density at radius 3 is 2.43 bits per heavy atom. The van der Waals surface area contributed by atoms with E-state index in [1.165, 1.54) is 20.3 Å². The number of nitrogens with two attached hydrogens (primary N) is 1. The smallest absolute Gasteiger partial charge is 0.410 e. The largest absolute Gasteiger partial charge is 0.481 e. The Labute approximate surface area is 252 Å². The van der Waals surface area contributed by atoms with Crippen LogP contribution in [0.15, 0.2) is 73.1 Å². The van der Waals surface area contributed by atoms with Crippen molar-refractivity contribution in [1.82, 2.24) is 29.2 Å². The fourth-order valence-corrected chi connectivity index (χ4v) is 5.20. The number of anilines is 2. The maximum Gasteiger partial charge on any atom is 0.410 e. The van der Waals surface area contributed by atoms with Crippen LogP contribution in [-0.2, 0) is 11.3 Å². The minimum absolute atomic E-state index is 0.0438. The Morgan fingerprint density at radius 1 is 1.00 bits per heavy atom. The topological polar surface area (TPSA) is 159 Å². The minimum Gasteiger partial charge on any atom is -0.481 e. The molecule has 1 atom stereocenters. The molecule has 1 aliphatic rings. The highest BCUT2D eigenvalue weighted by Gasteiger charge is 2.35. The SMILES string of the molecule is COc1cc(OC)nc(NC(=O)c2ccc(-c3nc([C@@H]4CCCN4C(=O)OCc4ccccc4)n4ccnc(N)c34)cc2)n1. The number of methoxy groups -OCH3 is 2. The summed E-state index contributed by atoms with van der Waals surface area (Å²) in [4.78, 5) is 45.4. The van der Waals surface area contributed by atoms with Crippen LogP contribution in [0.4, 0.5) is 16.6 Å². The van der Waals surface area contributed by atoms with Crippen molar-refractivity contribution in [3.63, 3.8) is 0 Å². The zero-order valence-corrected chi connectivity index (χ0v) is 24.1. The van der Waals surface area contributed by atoms with Crippen molar-refractivity contribution < 1.29 is 23.8 Å². The predicted octanol–water partition coefficient (Wildman–Crippen LogP) is 4.51. The van der Waals surface area contributed by atoms with E-state index >= 15 is 0 Å². The molecule has 0 unspecified atom stereocenters. The summed E-state index contributed by atoms with van der Waals surface area (Å²) in [5, 5.41) is 2.66. The zero-order chi connectivity index (χ0) is 30.6. The van der Waals surface area contributed by atoms with Gasteiger partial charge < -0.3 is 19.9 Å². The van der Waals surface area contributed by atoms with E-state index in [0.717, 1.165) is 24.0 Å². The molecule has 224 valence electrons. The minimum atomic E-state index is -0.418. The van der Waals surface area contributed by atoms with Crippen LogP contribution in [0.2, 0.25) is 0 Å². The lowest BCUT2D eigenvalue weighted by Crippen LogP contribution is -2.32. The van der Waals surface area contributed by atoms with E-state index in [2.05, 4.69) is 20.3 Å². The number of imidazole rings is 1. The van der Waals surface area contributed by atoms with Gasteiger partial charge >= 0.3 is 6.09 Å². The molecule has 2 aromatic carbocycles. The first-order valence-electron chi connectivity index (χ1n) is 13.9. The summed E-state index contributed by atoms with van der Waals surface area (Å²) >= 11 is 0. The van der Waals surface area contributed by atoms with Crippen LogP contribution in [-0.4, -0.2) is 62.0 Å². The maximum absolute atomic E-state index is 13.2. The number of rotatable bonds is 8. The Kier molecular flexibility index (Phi) is 7.91. The molecular weight excluding hydrogens is 564 g/mol. The first-order valence-corrected chi connectivity index (χ1v) is 13.9. The molecule has 4 heterocycles. The lowest BCUT2D eigenvalue weighted by atomic mass is 10.1. The molecule has 0 spiro atoms. The van der Waals surface area contributed by atoms with Gasteiger partial charge in [-0.05, 0) is 30.5 Å². The molecule has 3 aromatic heterocycles. The average Bonchev–Trinajstić information content (AvgIpc) is 3.70. The second kappa shape index (κ2) is 12.3. The summed E-state index contributed by atoms with van der Waals surface area (Å²) < 4.78 is 17.8. The highest BCUT2D eigenvalue weighted by atomic mass is 16.6. The van der Waals surface area contributed by atoms with Crippen molar-refractivity contribution in [2.45, 2.75) is 25.5 Å². The highest BCUT2D eigenvalue weighted by Crippen LogP contribution is 2.37. The number of benzene rings is 2. The van der Waals surface area contributed by atoms with Crippen molar-refractivity contribution in [1.29, 1.82) is 0 Å². The Balaban J connectivity index is 1.26. The number of aromatic nitrogens is 5. The van der Waals surface area contributed by atoms with Gasteiger partial charge in [-0.3, -0.25) is 19.4 Å². The van der Waals surface area contributed by atoms with E-state index in [0.29, 0.717) is 35.0 Å². The number of carbonyl (C=O) groups excluding carboxylic acids is 2. The number of ether oxygens (including phenoxy) is 3. The zero-order valence-electron chi connectivity index (χ0n) is 24.1. The number of nitrogen functional groups attached to an aromatic ring is 1. The molecule has 0 saturated carbocycles. The van der Waals surface area contributed by atoms with Crippen LogP contribution in [0.5, 0.6) is 11.8 Å². The molecule has 1 saturated heterocycles. The first-order chi connectivity index (χ1) is 21.4. The summed E-state index contributed by atoms with van der Waals surface area (Å²) in [6, 6.07) is 17.6. The second-order valence-corrected chi connectivity index (χ2v) is 10.0. The highest BCUT2D eigenvalue weighted by molar-refractivity contribution is 6.03. The molecule has 0 bridgehead atoms. The number of fused-ring (bicyclic) bond motifs is 1. The molecule has 1 aliphatic heterocycles. The van der Waals surface area contributed by atoms with Crippen molar-refractivity contribution >= 4 is 29.3 Å². The van der Waals surface area contributed by atoms with Gasteiger partial charge in [-0.1, -0.05) is 42.5 Å². The van der Waals surface area contributed by atoms with Crippen LogP contribution in [0.3, 0.4) is 0 Å². The number of hydrogen-bond donors (Lipinski definition) is 2. The summed E-state index contributed by atoms with van der Waals surface area (Å²) in [6.07, 6.45) is 4.52. The molecule has 5 aromatic rings. The van der Waals surface area contributed by atoms with Gasteiger partial charge in [0, 0.05) is 30.1 Å². The first kappa shape index (κ1) is 28.4. The van der Waals surface area contributed by atoms with E-state index in [9.17, 15) is 9.59 Å². The number of hydrogen-bond acceptors (Lipinski definition) is 10. The van der Waals surface area contributed by atoms with Crippen molar-refractivity contribution in [3.05, 3.63) is 90.0 Å². The fourth-order valence-electron chi connectivity index (χ4n) is 5.20. The molecule has 3 N–H and O–H groups in total. The van der Waals surface area contributed by atoms with Gasteiger partial charge in [0.15, 0.2) is 0 Å². The van der Waals surface area contributed by atoms with Gasteiger partial charge in [-0.2, -0.15) is 9.97 Å². The van der Waals surface area contributed by atoms with Crippen molar-refractivity contribution in [2.24, 2.45) is 0 Å². The number of carbonyl (C=O) groups is 2. The van der Waals surface area contributed by atoms with Gasteiger partial charge in [0.05, 0.1) is 26.3 Å². The van der Waals surface area contributed by atoms with Gasteiger partial charge in [0.1, 0.15) is 29.5 Å². The average molecular weight is 595 g/mol. The van der Waals surface area contributed by atoms with Gasteiger partial charge in [0.2, 0.25) is 17.7 Å². The number of nitrogens with one attached hydrogen (secondary N) is 1. The lowest BCUT2D eigenvalue weighted by molar-refractivity contribution is 0.0907. The van der Waals surface area contributed by atoms with Crippen LogP contribution in [0, 0.1) is 0 Å². The molecular formula is C31H30N8O5. The Morgan fingerprint density at radius 2 is 1.73 bits per heavy atom. The van der Waals surface area contributed by atoms with Crippen molar-refractivity contribution in [3.8, 4) is 23.0 Å². The molecule has 0 radical (unpaired) electrons. The number of likely N-dealkylation sites (tertiary alicyclic amines) is 1. The fraction of sp³-hybridized carbons (Fsp3) is 0.226. The molecule has 0 aliphatic carbocycles. The molecule has 6 rings (SSSR count). The maximum atomic E-state index is 13.2. The van der Waals surface area contributed by atoms with Gasteiger partial charge in [-0.15, -0.1) is 0 Å². The standard InChI is InChI=1S/C31H30N8O5/c1-42-23-17-24(43-2)35-30(34-23)37-29(40)21-12-10-20(11-13-21)25-26-27(32)33-14-16-39(26)28(36-25)22-9-6-15-38(22)31(41)44-18-19-7-4-3-5-8-19/h3-5,7-8,10-14,16-17,22H,6,9,15,18H2,1-2H3,(H2,32,33)(H,34,35,37,40)/t22-/m0/s1. The predicted molar refractivity (Wildman–Crippen MR) is 161 cm³/mol. The second-order valence-electron chi connectivity index (χ2n) is 10.0. The van der Waals surface area contributed by atoms with Crippen molar-refractivity contribution in [2.75, 3.05) is 31.8 Å². The number of amides is 2. The van der Waals surface area contributed by atoms with Crippen LogP contribution in [0.25, 0.3) is 16.8 Å². The van der Waals surface area contributed by atoms with E-state index in [-0.39, 0.29) is 30.4 Å². The van der Waals surface area contributed by atoms with Gasteiger partial charge in [0.25, 0.3) is 5.91 Å². The monoisotopic (exact) mass is 594 g/mol. The quantitative estimate of drug-likeness (QED) is 0.262. The normalized spacial score (nSPS) is 14.4. The molecule has 2 amide bonds. The summed E-state index contributed by atoms with van der Waals surface area (Å²) in [5.41, 5.74) is 9.56. The third-order valence-electron chi connectivity index (χ3n) is 7.34. The van der Waals surface area contributed by atoms with Crippen LogP contribution < -0.4 is 20.5 Å². The van der Waals surface area contributed by atoms with Crippen LogP contribution >= 0.6 is 0 Å². The van der Waals surface area contributed by atoms with E-state index in [4.69, 9.17) is 24.9 Å². The molecule has 13 heteroatoms. The molecule has 13 nitrogen and oxygen atoms in total. The van der Waals surface area contributed by atoms with E-state index in [1.54, 1.807) is 41.6 Å². The lowest BCUT2D eigenvalue weighted by Gasteiger charge is -2.23. The summed E-state index contributed by atoms with van der Waals surface area (Å²) in [7, 11) is 2.92. The third kappa shape index (κ3) is 5.67. The van der Waals surface area contributed by atoms with Gasteiger partial charge in [-0.25, -0.2) is 14.8 Å².